The van der Waals surface area contributed by atoms with Crippen molar-refractivity contribution in [1.29, 1.82) is 0 Å². The molecule has 0 fully saturated rings. The third-order valence-corrected chi connectivity index (χ3v) is 3.11. The Morgan fingerprint density at radius 3 is 2.88 bits per heavy atom. The Bertz CT molecular complexity index is 464. The maximum absolute atomic E-state index is 5.57. The van der Waals surface area contributed by atoms with Crippen LogP contribution in [0, 0.1) is 0 Å². The summed E-state index contributed by atoms with van der Waals surface area (Å²) >= 11 is 1.42. The number of ether oxygens (including phenoxy) is 2. The van der Waals surface area contributed by atoms with Crippen molar-refractivity contribution in [3.63, 3.8) is 0 Å². The van der Waals surface area contributed by atoms with Gasteiger partial charge in [-0.2, -0.15) is 9.61 Å². The van der Waals surface area contributed by atoms with Crippen molar-refractivity contribution in [3.05, 3.63) is 10.8 Å². The number of hydrogen-bond donors (Lipinski definition) is 1. The minimum Gasteiger partial charge on any atom is -0.377 e. The first kappa shape index (κ1) is 11.4. The summed E-state index contributed by atoms with van der Waals surface area (Å²) in [6, 6.07) is 0. The Kier molecular flexibility index (Phi) is 3.44. The molecule has 2 aromatic rings. The van der Waals surface area contributed by atoms with E-state index in [2.05, 4.69) is 15.3 Å². The lowest BCUT2D eigenvalue weighted by atomic mass is 10.4. The third kappa shape index (κ3) is 1.92. The van der Waals surface area contributed by atoms with E-state index in [0.29, 0.717) is 19.0 Å². The van der Waals surface area contributed by atoms with E-state index in [9.17, 15) is 0 Å². The summed E-state index contributed by atoms with van der Waals surface area (Å²) < 4.78 is 11.9. The first-order chi connectivity index (χ1) is 7.80. The van der Waals surface area contributed by atoms with Gasteiger partial charge in [0, 0.05) is 20.8 Å². The fourth-order valence-electron chi connectivity index (χ4n) is 1.32. The molecule has 0 aliphatic carbocycles. The molecule has 2 N–H and O–H groups in total. The van der Waals surface area contributed by atoms with Gasteiger partial charge in [0.1, 0.15) is 17.7 Å². The number of hydrogen-bond acceptors (Lipinski definition) is 7. The van der Waals surface area contributed by atoms with E-state index < -0.39 is 0 Å². The van der Waals surface area contributed by atoms with Gasteiger partial charge in [-0.3, -0.25) is 0 Å². The minimum absolute atomic E-state index is 0.193. The Morgan fingerprint density at radius 2 is 2.25 bits per heavy atom. The lowest BCUT2D eigenvalue weighted by Gasteiger charge is -2.07. The SMILES string of the molecule is COCc1nnc2sc(C(CN)OC)nn12. The van der Waals surface area contributed by atoms with Crippen LogP contribution in [0.2, 0.25) is 0 Å². The highest BCUT2D eigenvalue weighted by atomic mass is 32.1. The molecule has 0 amide bonds. The van der Waals surface area contributed by atoms with Gasteiger partial charge in [0.2, 0.25) is 4.96 Å². The Hall–Kier alpha value is -1.09. The molecule has 16 heavy (non-hydrogen) atoms. The highest BCUT2D eigenvalue weighted by Crippen LogP contribution is 2.22. The predicted octanol–water partition coefficient (Wildman–Crippen LogP) is -0.0216. The topological polar surface area (TPSA) is 87.6 Å². The van der Waals surface area contributed by atoms with Gasteiger partial charge < -0.3 is 15.2 Å². The van der Waals surface area contributed by atoms with E-state index in [1.807, 2.05) is 0 Å². The minimum atomic E-state index is -0.193. The standard InChI is InChI=1S/C8H13N5O2S/c1-14-4-6-10-11-8-13(6)12-7(16-8)5(3-9)15-2/h5H,3-4,9H2,1-2H3. The monoisotopic (exact) mass is 243 g/mol. The first-order valence-electron chi connectivity index (χ1n) is 4.73. The van der Waals surface area contributed by atoms with Crippen LogP contribution in [0.4, 0.5) is 0 Å². The van der Waals surface area contributed by atoms with Crippen LogP contribution in [0.3, 0.4) is 0 Å². The molecule has 0 saturated heterocycles. The largest absolute Gasteiger partial charge is 0.377 e. The number of nitrogens with two attached hydrogens (primary N) is 1. The maximum atomic E-state index is 5.57. The zero-order chi connectivity index (χ0) is 11.5. The molecule has 0 aliphatic rings. The second-order valence-corrected chi connectivity index (χ2v) is 4.13. The molecule has 0 radical (unpaired) electrons. The van der Waals surface area contributed by atoms with Gasteiger partial charge in [-0.1, -0.05) is 11.3 Å². The van der Waals surface area contributed by atoms with E-state index in [1.54, 1.807) is 18.7 Å². The molecular formula is C8H13N5O2S. The summed E-state index contributed by atoms with van der Waals surface area (Å²) in [6.45, 7) is 0.769. The highest BCUT2D eigenvalue weighted by Gasteiger charge is 2.17. The Balaban J connectivity index is 2.36. The van der Waals surface area contributed by atoms with Gasteiger partial charge in [0.25, 0.3) is 0 Å². The van der Waals surface area contributed by atoms with Gasteiger partial charge >= 0.3 is 0 Å². The Labute approximate surface area is 96.2 Å². The summed E-state index contributed by atoms with van der Waals surface area (Å²) in [5.74, 6) is 0.673. The van der Waals surface area contributed by atoms with Gasteiger partial charge in [-0.15, -0.1) is 10.2 Å². The molecular weight excluding hydrogens is 230 g/mol. The summed E-state index contributed by atoms with van der Waals surface area (Å²) in [5.41, 5.74) is 5.57. The summed E-state index contributed by atoms with van der Waals surface area (Å²) in [5, 5.41) is 13.1. The zero-order valence-electron chi connectivity index (χ0n) is 9.08. The van der Waals surface area contributed by atoms with E-state index in [1.165, 1.54) is 11.3 Å². The van der Waals surface area contributed by atoms with Gasteiger partial charge in [0.15, 0.2) is 5.82 Å². The zero-order valence-corrected chi connectivity index (χ0v) is 9.90. The fraction of sp³-hybridized carbons (Fsp3) is 0.625. The molecule has 2 aromatic heterocycles. The van der Waals surface area contributed by atoms with E-state index >= 15 is 0 Å². The summed E-state index contributed by atoms with van der Waals surface area (Å²) in [7, 11) is 3.21. The molecule has 8 heteroatoms. The highest BCUT2D eigenvalue weighted by molar-refractivity contribution is 7.16. The van der Waals surface area contributed by atoms with Gasteiger partial charge in [0.05, 0.1) is 0 Å². The molecule has 2 heterocycles. The van der Waals surface area contributed by atoms with Crippen LogP contribution in [0.5, 0.6) is 0 Å². The number of rotatable bonds is 5. The number of methoxy groups -OCH3 is 2. The smallest absolute Gasteiger partial charge is 0.234 e. The lowest BCUT2D eigenvalue weighted by Crippen LogP contribution is -2.14. The number of aromatic nitrogens is 4. The molecule has 0 bridgehead atoms. The first-order valence-corrected chi connectivity index (χ1v) is 5.54. The van der Waals surface area contributed by atoms with Crippen LogP contribution in [-0.2, 0) is 16.1 Å². The molecule has 0 aliphatic heterocycles. The van der Waals surface area contributed by atoms with Crippen molar-refractivity contribution in [2.75, 3.05) is 20.8 Å². The van der Waals surface area contributed by atoms with Crippen LogP contribution >= 0.6 is 11.3 Å². The van der Waals surface area contributed by atoms with Crippen LogP contribution in [0.15, 0.2) is 0 Å². The average Bonchev–Trinajstić information content (AvgIpc) is 2.83. The van der Waals surface area contributed by atoms with Crippen LogP contribution in [0.1, 0.15) is 16.9 Å². The molecule has 1 unspecified atom stereocenters. The summed E-state index contributed by atoms with van der Waals surface area (Å²) in [4.78, 5) is 0.720. The van der Waals surface area contributed by atoms with Crippen molar-refractivity contribution in [2.24, 2.45) is 5.73 Å². The maximum Gasteiger partial charge on any atom is 0.234 e. The molecule has 2 rings (SSSR count). The number of fused-ring (bicyclic) bond motifs is 1. The van der Waals surface area contributed by atoms with Crippen LogP contribution < -0.4 is 5.73 Å². The quantitative estimate of drug-likeness (QED) is 0.794. The molecule has 0 spiro atoms. The van der Waals surface area contributed by atoms with Crippen molar-refractivity contribution in [2.45, 2.75) is 12.7 Å². The lowest BCUT2D eigenvalue weighted by molar-refractivity contribution is 0.109. The Morgan fingerprint density at radius 1 is 1.44 bits per heavy atom. The van der Waals surface area contributed by atoms with Gasteiger partial charge in [-0.05, 0) is 0 Å². The van der Waals surface area contributed by atoms with E-state index in [0.717, 1.165) is 9.97 Å². The second-order valence-electron chi connectivity index (χ2n) is 3.14. The fourth-order valence-corrected chi connectivity index (χ4v) is 2.27. The second kappa shape index (κ2) is 4.83. The normalized spacial score (nSPS) is 13.4. The van der Waals surface area contributed by atoms with E-state index in [4.69, 9.17) is 15.2 Å². The number of nitrogens with zero attached hydrogens (tertiary/aromatic N) is 4. The van der Waals surface area contributed by atoms with Gasteiger partial charge in [-0.25, -0.2) is 0 Å². The molecule has 7 nitrogen and oxygen atoms in total. The predicted molar refractivity (Wildman–Crippen MR) is 58.2 cm³/mol. The van der Waals surface area contributed by atoms with Crippen LogP contribution in [-0.4, -0.2) is 40.6 Å². The van der Waals surface area contributed by atoms with E-state index in [-0.39, 0.29) is 6.10 Å². The average molecular weight is 243 g/mol. The molecule has 0 aromatic carbocycles. The third-order valence-electron chi connectivity index (χ3n) is 2.12. The van der Waals surface area contributed by atoms with Crippen LogP contribution in [0.25, 0.3) is 4.96 Å². The molecule has 88 valence electrons. The van der Waals surface area contributed by atoms with Crippen molar-refractivity contribution < 1.29 is 9.47 Å². The summed E-state index contributed by atoms with van der Waals surface area (Å²) in [6.07, 6.45) is -0.193. The molecule has 0 saturated carbocycles. The van der Waals surface area contributed by atoms with Crippen molar-refractivity contribution in [1.82, 2.24) is 19.8 Å². The van der Waals surface area contributed by atoms with Crippen molar-refractivity contribution >= 4 is 16.3 Å². The molecule has 1 atom stereocenters. The van der Waals surface area contributed by atoms with Crippen molar-refractivity contribution in [3.8, 4) is 0 Å².